The van der Waals surface area contributed by atoms with Gasteiger partial charge >= 0.3 is 0 Å². The van der Waals surface area contributed by atoms with Crippen molar-refractivity contribution in [3.05, 3.63) is 66.5 Å². The molecule has 4 nitrogen and oxygen atoms in total. The van der Waals surface area contributed by atoms with Crippen LogP contribution in [0, 0.1) is 0 Å². The highest BCUT2D eigenvalue weighted by atomic mass is 35.5. The summed E-state index contributed by atoms with van der Waals surface area (Å²) in [5, 5.41) is 1.11. The van der Waals surface area contributed by atoms with Crippen molar-refractivity contribution >= 4 is 29.1 Å². The van der Waals surface area contributed by atoms with Gasteiger partial charge in [-0.15, -0.1) is 12.4 Å². The summed E-state index contributed by atoms with van der Waals surface area (Å²) in [5.41, 5.74) is 2.29. The van der Waals surface area contributed by atoms with E-state index in [1.165, 1.54) is 5.56 Å². The first-order chi connectivity index (χ1) is 12.3. The Labute approximate surface area is 162 Å². The highest BCUT2D eigenvalue weighted by Crippen LogP contribution is 2.24. The van der Waals surface area contributed by atoms with Crippen LogP contribution >= 0.6 is 12.4 Å². The molecule has 0 unspecified atom stereocenters. The molecule has 1 aromatic heterocycles. The molecule has 0 saturated carbocycles. The third kappa shape index (κ3) is 4.93. The Morgan fingerprint density at radius 3 is 2.23 bits per heavy atom. The number of benzene rings is 2. The van der Waals surface area contributed by atoms with Gasteiger partial charge in [0.05, 0.1) is 5.52 Å². The van der Waals surface area contributed by atoms with E-state index in [1.54, 1.807) is 6.33 Å². The highest BCUT2D eigenvalue weighted by molar-refractivity contribution is 5.89. The van der Waals surface area contributed by atoms with Gasteiger partial charge in [-0.25, -0.2) is 9.97 Å². The van der Waals surface area contributed by atoms with Crippen LogP contribution in [0.25, 0.3) is 10.9 Å². The largest absolute Gasteiger partial charge is 0.350 e. The van der Waals surface area contributed by atoms with E-state index in [0.29, 0.717) is 0 Å². The number of aromatic nitrogens is 2. The molecule has 2 aromatic carbocycles. The first kappa shape index (κ1) is 20.1. The van der Waals surface area contributed by atoms with Crippen molar-refractivity contribution in [3.8, 4) is 0 Å². The maximum absolute atomic E-state index is 4.63. The molecule has 0 spiro atoms. The van der Waals surface area contributed by atoms with Crippen LogP contribution in [0.1, 0.15) is 19.4 Å². The van der Waals surface area contributed by atoms with Crippen molar-refractivity contribution in [2.45, 2.75) is 20.4 Å². The summed E-state index contributed by atoms with van der Waals surface area (Å²) in [7, 11) is 0. The van der Waals surface area contributed by atoms with Gasteiger partial charge in [-0.3, -0.25) is 0 Å². The van der Waals surface area contributed by atoms with Crippen LogP contribution in [-0.4, -0.2) is 41.0 Å². The van der Waals surface area contributed by atoms with Gasteiger partial charge < -0.3 is 9.80 Å². The third-order valence-corrected chi connectivity index (χ3v) is 4.62. The molecule has 1 heterocycles. The maximum Gasteiger partial charge on any atom is 0.140 e. The number of fused-ring (bicyclic) bond motifs is 1. The van der Waals surface area contributed by atoms with Crippen molar-refractivity contribution in [1.29, 1.82) is 0 Å². The van der Waals surface area contributed by atoms with Crippen LogP contribution in [-0.2, 0) is 6.54 Å². The number of hydrogen-bond donors (Lipinski definition) is 0. The quantitative estimate of drug-likeness (QED) is 0.588. The smallest absolute Gasteiger partial charge is 0.140 e. The summed E-state index contributed by atoms with van der Waals surface area (Å²) in [5.74, 6) is 1.02. The summed E-state index contributed by atoms with van der Waals surface area (Å²) in [6.45, 7) is 9.38. The van der Waals surface area contributed by atoms with Crippen LogP contribution in [0.15, 0.2) is 60.9 Å². The Bertz CT molecular complexity index is 785. The second-order valence-electron chi connectivity index (χ2n) is 6.15. The van der Waals surface area contributed by atoms with Gasteiger partial charge in [-0.1, -0.05) is 56.3 Å². The lowest BCUT2D eigenvalue weighted by Crippen LogP contribution is -2.35. The zero-order valence-corrected chi connectivity index (χ0v) is 16.3. The number of nitrogens with zero attached hydrogens (tertiary/aromatic N) is 4. The number of para-hydroxylation sites is 1. The topological polar surface area (TPSA) is 32.3 Å². The van der Waals surface area contributed by atoms with Crippen LogP contribution < -0.4 is 4.90 Å². The molecule has 0 fully saturated rings. The van der Waals surface area contributed by atoms with Gasteiger partial charge in [0.15, 0.2) is 0 Å². The number of anilines is 1. The number of likely N-dealkylation sites (N-methyl/N-ethyl adjacent to an activating group) is 1. The Kier molecular flexibility index (Phi) is 7.82. The molecule has 0 N–H and O–H groups in total. The van der Waals surface area contributed by atoms with Gasteiger partial charge in [-0.05, 0) is 30.8 Å². The van der Waals surface area contributed by atoms with Gasteiger partial charge in [0.2, 0.25) is 0 Å². The summed E-state index contributed by atoms with van der Waals surface area (Å²) in [6, 6.07) is 18.8. The van der Waals surface area contributed by atoms with E-state index in [9.17, 15) is 0 Å². The highest BCUT2D eigenvalue weighted by Gasteiger charge is 2.14. The molecule has 5 heteroatoms. The molecule has 0 aliphatic carbocycles. The summed E-state index contributed by atoms with van der Waals surface area (Å²) < 4.78 is 0. The van der Waals surface area contributed by atoms with Gasteiger partial charge in [-0.2, -0.15) is 0 Å². The van der Waals surface area contributed by atoms with E-state index >= 15 is 0 Å². The monoisotopic (exact) mass is 370 g/mol. The fourth-order valence-electron chi connectivity index (χ4n) is 3.11. The molecule has 0 aliphatic rings. The summed E-state index contributed by atoms with van der Waals surface area (Å²) in [4.78, 5) is 13.9. The van der Waals surface area contributed by atoms with Gasteiger partial charge in [0.1, 0.15) is 12.1 Å². The minimum Gasteiger partial charge on any atom is -0.350 e. The molecular weight excluding hydrogens is 344 g/mol. The van der Waals surface area contributed by atoms with E-state index in [4.69, 9.17) is 0 Å². The van der Waals surface area contributed by atoms with E-state index in [0.717, 1.165) is 49.4 Å². The molecule has 0 amide bonds. The Morgan fingerprint density at radius 2 is 1.50 bits per heavy atom. The molecule has 3 rings (SSSR count). The Morgan fingerprint density at radius 1 is 0.808 bits per heavy atom. The molecule has 3 aromatic rings. The van der Waals surface area contributed by atoms with Crippen molar-refractivity contribution < 1.29 is 0 Å². The fraction of sp³-hybridized carbons (Fsp3) is 0.333. The molecule has 0 atom stereocenters. The zero-order chi connectivity index (χ0) is 17.5. The van der Waals surface area contributed by atoms with Crippen LogP contribution in [0.5, 0.6) is 0 Å². The minimum absolute atomic E-state index is 0. The predicted octanol–water partition coefficient (Wildman–Crippen LogP) is 4.40. The number of halogens is 1. The average Bonchev–Trinajstić information content (AvgIpc) is 2.68. The SMILES string of the molecule is CCN(CC)CCN(Cc1ccccc1)c1ncnc2ccccc12.Cl. The van der Waals surface area contributed by atoms with Crippen LogP contribution in [0.2, 0.25) is 0 Å². The normalized spacial score (nSPS) is 10.7. The number of hydrogen-bond acceptors (Lipinski definition) is 4. The molecule has 0 aliphatic heterocycles. The van der Waals surface area contributed by atoms with E-state index in [2.05, 4.69) is 76.1 Å². The van der Waals surface area contributed by atoms with Crippen LogP contribution in [0.3, 0.4) is 0 Å². The predicted molar refractivity (Wildman–Crippen MR) is 112 cm³/mol. The van der Waals surface area contributed by atoms with Gasteiger partial charge in [0, 0.05) is 25.0 Å². The minimum atomic E-state index is 0. The Balaban J connectivity index is 0.00000243. The first-order valence-electron chi connectivity index (χ1n) is 9.02. The summed E-state index contributed by atoms with van der Waals surface area (Å²) >= 11 is 0. The standard InChI is InChI=1S/C21H26N4.ClH/c1-3-24(4-2)14-15-25(16-18-10-6-5-7-11-18)21-19-12-8-9-13-20(19)22-17-23-21;/h5-13,17H,3-4,14-16H2,1-2H3;1H. The second kappa shape index (κ2) is 10.1. The van der Waals surface area contributed by atoms with Crippen molar-refractivity contribution in [2.75, 3.05) is 31.1 Å². The lowest BCUT2D eigenvalue weighted by atomic mass is 10.2. The maximum atomic E-state index is 4.63. The fourth-order valence-corrected chi connectivity index (χ4v) is 3.11. The molecular formula is C21H27ClN4. The Hall–Kier alpha value is -2.17. The van der Waals surface area contributed by atoms with E-state index < -0.39 is 0 Å². The average molecular weight is 371 g/mol. The van der Waals surface area contributed by atoms with E-state index in [1.807, 2.05) is 12.1 Å². The molecule has 0 bridgehead atoms. The lowest BCUT2D eigenvalue weighted by Gasteiger charge is -2.28. The summed E-state index contributed by atoms with van der Waals surface area (Å²) in [6.07, 6.45) is 1.67. The van der Waals surface area contributed by atoms with Crippen molar-refractivity contribution in [3.63, 3.8) is 0 Å². The molecule has 26 heavy (non-hydrogen) atoms. The molecule has 0 saturated heterocycles. The molecule has 138 valence electrons. The second-order valence-corrected chi connectivity index (χ2v) is 6.15. The lowest BCUT2D eigenvalue weighted by molar-refractivity contribution is 0.309. The van der Waals surface area contributed by atoms with E-state index in [-0.39, 0.29) is 12.4 Å². The first-order valence-corrected chi connectivity index (χ1v) is 9.02. The van der Waals surface area contributed by atoms with Gasteiger partial charge in [0.25, 0.3) is 0 Å². The van der Waals surface area contributed by atoms with Crippen molar-refractivity contribution in [2.24, 2.45) is 0 Å². The third-order valence-electron chi connectivity index (χ3n) is 4.62. The van der Waals surface area contributed by atoms with Crippen LogP contribution in [0.4, 0.5) is 5.82 Å². The molecule has 0 radical (unpaired) electrons. The van der Waals surface area contributed by atoms with Crippen molar-refractivity contribution in [1.82, 2.24) is 14.9 Å². The zero-order valence-electron chi connectivity index (χ0n) is 15.5. The number of rotatable bonds is 8.